The van der Waals surface area contributed by atoms with E-state index in [4.69, 9.17) is 19.4 Å². The number of rotatable bonds is 10. The van der Waals surface area contributed by atoms with E-state index in [0.717, 1.165) is 42.8 Å². The summed E-state index contributed by atoms with van der Waals surface area (Å²) in [6, 6.07) is 7.45. The molecular formula is C52H62N8O6. The second-order valence-corrected chi connectivity index (χ2v) is 20.1. The number of carbonyl (C=O) groups excluding carboxylic acids is 4. The molecule has 4 aliphatic carbocycles. The predicted molar refractivity (Wildman–Crippen MR) is 248 cm³/mol. The van der Waals surface area contributed by atoms with Crippen molar-refractivity contribution in [3.63, 3.8) is 0 Å². The molecule has 66 heavy (non-hydrogen) atoms. The van der Waals surface area contributed by atoms with Crippen molar-refractivity contribution in [3.05, 3.63) is 81.8 Å². The molecule has 8 atom stereocenters. The molecule has 346 valence electrons. The number of fused-ring (bicyclic) bond motifs is 10. The Bertz CT molecular complexity index is 2640. The molecule has 14 nitrogen and oxygen atoms in total. The Morgan fingerprint density at radius 2 is 1.09 bits per heavy atom. The highest BCUT2D eigenvalue weighted by atomic mass is 16.5. The van der Waals surface area contributed by atoms with Crippen LogP contribution in [0.25, 0.3) is 22.4 Å². The third kappa shape index (κ3) is 7.61. The van der Waals surface area contributed by atoms with E-state index < -0.39 is 24.3 Å². The van der Waals surface area contributed by atoms with Crippen molar-refractivity contribution in [2.75, 3.05) is 27.3 Å². The number of imidazole rings is 2. The topological polar surface area (TPSA) is 175 Å². The fraction of sp³-hybridized carbons (Fsp3) is 0.538. The molecule has 4 heterocycles. The highest BCUT2D eigenvalue weighted by molar-refractivity contribution is 5.88. The molecule has 4 amide bonds. The lowest BCUT2D eigenvalue weighted by molar-refractivity contribution is -0.136. The van der Waals surface area contributed by atoms with Gasteiger partial charge in [-0.05, 0) is 145 Å². The molecule has 14 heteroatoms. The molecule has 2 aromatic heterocycles. The summed E-state index contributed by atoms with van der Waals surface area (Å²) in [5.41, 5.74) is 12.6. The van der Waals surface area contributed by atoms with Crippen LogP contribution < -0.4 is 10.6 Å². The number of methoxy groups -OCH3 is 2. The third-order valence-corrected chi connectivity index (χ3v) is 15.7. The molecule has 2 aliphatic heterocycles. The van der Waals surface area contributed by atoms with Crippen LogP contribution in [-0.4, -0.2) is 93.1 Å². The minimum Gasteiger partial charge on any atom is -0.453 e. The van der Waals surface area contributed by atoms with Crippen molar-refractivity contribution in [3.8, 4) is 34.2 Å². The average Bonchev–Trinajstić information content (AvgIpc) is 4.17. The Morgan fingerprint density at radius 1 is 0.621 bits per heavy atom. The van der Waals surface area contributed by atoms with Gasteiger partial charge in [0, 0.05) is 24.2 Å². The van der Waals surface area contributed by atoms with Crippen LogP contribution in [0.5, 0.6) is 0 Å². The van der Waals surface area contributed by atoms with E-state index in [2.05, 4.69) is 56.7 Å². The Kier molecular flexibility index (Phi) is 11.7. The average molecular weight is 895 g/mol. The summed E-state index contributed by atoms with van der Waals surface area (Å²) in [7, 11) is 2.62. The van der Waals surface area contributed by atoms with Gasteiger partial charge in [0.05, 0.1) is 44.4 Å². The summed E-state index contributed by atoms with van der Waals surface area (Å²) in [4.78, 5) is 72.3. The van der Waals surface area contributed by atoms with Gasteiger partial charge in [-0.25, -0.2) is 19.6 Å². The first kappa shape index (κ1) is 43.8. The second kappa shape index (κ2) is 17.6. The molecule has 4 unspecified atom stereocenters. The molecule has 2 aromatic carbocycles. The first-order valence-electron chi connectivity index (χ1n) is 24.2. The Hall–Kier alpha value is -6.10. The molecule has 0 radical (unpaired) electrons. The van der Waals surface area contributed by atoms with Gasteiger partial charge in [0.1, 0.15) is 29.4 Å². The fourth-order valence-electron chi connectivity index (χ4n) is 12.6. The number of nitrogens with zero attached hydrogens (tertiary/aromatic N) is 4. The molecule has 6 aliphatic rings. The van der Waals surface area contributed by atoms with Crippen molar-refractivity contribution >= 4 is 24.0 Å². The molecule has 4 N–H and O–H groups in total. The largest absolute Gasteiger partial charge is 0.453 e. The number of ether oxygens (including phenoxy) is 2. The van der Waals surface area contributed by atoms with Gasteiger partial charge in [0.2, 0.25) is 11.8 Å². The minimum absolute atomic E-state index is 0.101. The van der Waals surface area contributed by atoms with Crippen LogP contribution in [0.3, 0.4) is 0 Å². The quantitative estimate of drug-likeness (QED) is 0.114. The summed E-state index contributed by atoms with van der Waals surface area (Å²) >= 11 is 0. The smallest absolute Gasteiger partial charge is 0.407 e. The Labute approximate surface area is 386 Å². The second-order valence-electron chi connectivity index (χ2n) is 20.1. The number of likely N-dealkylation sites (tertiary alicyclic amines) is 2. The van der Waals surface area contributed by atoms with Crippen molar-refractivity contribution in [2.24, 2.45) is 11.8 Å². The van der Waals surface area contributed by atoms with Gasteiger partial charge in [-0.2, -0.15) is 0 Å². The van der Waals surface area contributed by atoms with Gasteiger partial charge >= 0.3 is 12.2 Å². The number of nitrogens with one attached hydrogen (secondary N) is 4. The van der Waals surface area contributed by atoms with E-state index in [0.29, 0.717) is 48.3 Å². The number of amides is 4. The molecule has 0 spiro atoms. The molecule has 10 rings (SSSR count). The number of carbonyl (C=O) groups is 4. The number of aromatic nitrogens is 4. The van der Waals surface area contributed by atoms with Crippen LogP contribution in [0.2, 0.25) is 0 Å². The SMILES string of the molecule is COC(=O)N[C@H](C(=O)N1CCC[C@H]1c1ncc(C#Cc2ccc(-c3ccc(-c4cnc([C@@H]5CCCN5C(=O)[C@@H](NC(=O)OC)C(C)C)[nH]4)c4c3C3CCC4C3)c3c2C2CCC3C2)[nH]1)C(C)C. The highest BCUT2D eigenvalue weighted by Gasteiger charge is 2.45. The van der Waals surface area contributed by atoms with E-state index in [1.807, 2.05) is 43.7 Å². The van der Waals surface area contributed by atoms with Crippen LogP contribution in [0.1, 0.15) is 173 Å². The summed E-state index contributed by atoms with van der Waals surface area (Å²) in [6.45, 7) is 8.90. The van der Waals surface area contributed by atoms with E-state index in [9.17, 15) is 19.2 Å². The first-order chi connectivity index (χ1) is 31.9. The van der Waals surface area contributed by atoms with Crippen LogP contribution in [0.4, 0.5) is 9.59 Å². The van der Waals surface area contributed by atoms with Crippen molar-refractivity contribution < 1.29 is 28.7 Å². The predicted octanol–water partition coefficient (Wildman–Crippen LogP) is 8.68. The highest BCUT2D eigenvalue weighted by Crippen LogP contribution is 2.61. The Morgan fingerprint density at radius 3 is 1.64 bits per heavy atom. The number of aromatic amines is 2. The first-order valence-corrected chi connectivity index (χ1v) is 24.2. The summed E-state index contributed by atoms with van der Waals surface area (Å²) in [5, 5.41) is 5.48. The molecule has 4 aromatic rings. The summed E-state index contributed by atoms with van der Waals surface area (Å²) in [5.74, 6) is 10.1. The van der Waals surface area contributed by atoms with E-state index in [1.165, 1.54) is 91.7 Å². The van der Waals surface area contributed by atoms with Gasteiger partial charge in [-0.15, -0.1) is 0 Å². The zero-order valence-corrected chi connectivity index (χ0v) is 39.0. The van der Waals surface area contributed by atoms with Crippen LogP contribution in [0, 0.1) is 23.7 Å². The van der Waals surface area contributed by atoms with Gasteiger partial charge in [-0.1, -0.05) is 51.8 Å². The zero-order chi connectivity index (χ0) is 46.0. The number of benzene rings is 2. The number of hydrogen-bond acceptors (Lipinski definition) is 8. The van der Waals surface area contributed by atoms with Gasteiger partial charge in [0.25, 0.3) is 0 Å². The maximum atomic E-state index is 13.9. The van der Waals surface area contributed by atoms with Crippen LogP contribution in [0.15, 0.2) is 36.7 Å². The van der Waals surface area contributed by atoms with E-state index in [1.54, 1.807) is 6.20 Å². The van der Waals surface area contributed by atoms with Crippen LogP contribution >= 0.6 is 0 Å². The fourth-order valence-corrected chi connectivity index (χ4v) is 12.6. The summed E-state index contributed by atoms with van der Waals surface area (Å²) in [6.07, 6.45) is 12.9. The maximum absolute atomic E-state index is 13.9. The standard InChI is InChI=1S/C52H62N8O6/c1-27(2)45(57-51(63)65-5)49(61)59-21-7-9-39(59)47-53-25-34(55-47)17-15-29-16-18-35(42-31-12-11-30(23-31)41(29)42)36-19-20-37(44-33-14-13-32(24-33)43(36)44)38-26-54-48(56-38)40-10-8-22-60(40)50(62)46(28(3)4)58-52(64)66-6/h16,18-20,25-28,30-33,39-40,45-46H,7-14,21-24H2,1-6H3,(H,53,55)(H,54,56)(H,57,63)(H,58,64)/t30?,31?,32?,33?,39-,40-,45-,46-/m0/s1. The van der Waals surface area contributed by atoms with Crippen molar-refractivity contribution in [2.45, 2.75) is 140 Å². The van der Waals surface area contributed by atoms with Crippen molar-refractivity contribution in [1.29, 1.82) is 0 Å². The van der Waals surface area contributed by atoms with Gasteiger partial charge in [-0.3, -0.25) is 9.59 Å². The normalized spacial score (nSPS) is 24.3. The van der Waals surface area contributed by atoms with E-state index in [-0.39, 0.29) is 35.7 Å². The molecule has 2 saturated carbocycles. The van der Waals surface area contributed by atoms with E-state index >= 15 is 0 Å². The van der Waals surface area contributed by atoms with Crippen LogP contribution in [-0.2, 0) is 19.1 Å². The lowest BCUT2D eigenvalue weighted by Crippen LogP contribution is -2.51. The lowest BCUT2D eigenvalue weighted by Gasteiger charge is -2.30. The molecule has 4 fully saturated rings. The molecule has 2 saturated heterocycles. The number of H-pyrrole nitrogens is 2. The zero-order valence-electron chi connectivity index (χ0n) is 39.0. The van der Waals surface area contributed by atoms with Crippen molar-refractivity contribution in [1.82, 2.24) is 40.4 Å². The molecular weight excluding hydrogens is 833 g/mol. The third-order valence-electron chi connectivity index (χ3n) is 15.7. The molecule has 4 bridgehead atoms. The lowest BCUT2D eigenvalue weighted by atomic mass is 9.78. The minimum atomic E-state index is -0.692. The maximum Gasteiger partial charge on any atom is 0.407 e. The Balaban J connectivity index is 0.927. The van der Waals surface area contributed by atoms with Gasteiger partial charge < -0.3 is 39.9 Å². The van der Waals surface area contributed by atoms with Gasteiger partial charge in [0.15, 0.2) is 0 Å². The summed E-state index contributed by atoms with van der Waals surface area (Å²) < 4.78 is 9.65. The monoisotopic (exact) mass is 894 g/mol. The number of alkyl carbamates (subject to hydrolysis) is 2. The number of hydrogen-bond donors (Lipinski definition) is 4.